The number of piperazine rings is 1. The highest BCUT2D eigenvalue weighted by Crippen LogP contribution is 2.58. The first kappa shape index (κ1) is 38.7. The molecule has 1 amide bonds. The fraction of sp³-hybridized carbons (Fsp3) is 0.643. The number of aromatic hydroxyl groups is 1. The molecule has 6 rings (SSSR count). The number of phenols is 1. The molecule has 4 aliphatic rings. The van der Waals surface area contributed by atoms with E-state index in [9.17, 15) is 20.0 Å². The van der Waals surface area contributed by atoms with E-state index < -0.39 is 18.1 Å². The number of amides is 1. The fourth-order valence-electron chi connectivity index (χ4n) is 9.57. The Bertz CT molecular complexity index is 1740. The highest BCUT2D eigenvalue weighted by atomic mass is 16.7. The van der Waals surface area contributed by atoms with Crippen molar-refractivity contribution in [2.75, 3.05) is 27.5 Å². The molecule has 2 bridgehead atoms. The Balaban J connectivity index is 1.34. The van der Waals surface area contributed by atoms with Crippen molar-refractivity contribution in [2.24, 2.45) is 5.92 Å². The van der Waals surface area contributed by atoms with Gasteiger partial charge in [0.2, 0.25) is 12.7 Å². The van der Waals surface area contributed by atoms with Gasteiger partial charge in [-0.25, -0.2) is 0 Å². The number of fused-ring (bicyclic) bond motifs is 9. The second-order valence-corrected chi connectivity index (χ2v) is 15.6. The number of nitriles is 1. The summed E-state index contributed by atoms with van der Waals surface area (Å²) in [6, 6.07) is 2.83. The van der Waals surface area contributed by atoms with Crippen LogP contribution < -0.4 is 24.3 Å². The third-order valence-electron chi connectivity index (χ3n) is 12.2. The number of rotatable bonds is 15. The van der Waals surface area contributed by atoms with Crippen LogP contribution in [0.5, 0.6) is 28.7 Å². The Kier molecular flexibility index (Phi) is 12.1. The van der Waals surface area contributed by atoms with Crippen LogP contribution in [0.1, 0.15) is 130 Å². The van der Waals surface area contributed by atoms with Crippen LogP contribution in [0.15, 0.2) is 6.07 Å². The minimum absolute atomic E-state index is 0.0144. The molecule has 0 saturated carbocycles. The zero-order valence-electron chi connectivity index (χ0n) is 32.7. The van der Waals surface area contributed by atoms with Crippen LogP contribution in [0, 0.1) is 31.1 Å². The molecule has 2 aromatic rings. The van der Waals surface area contributed by atoms with Gasteiger partial charge in [-0.2, -0.15) is 5.26 Å². The molecule has 0 aromatic heterocycles. The van der Waals surface area contributed by atoms with Crippen molar-refractivity contribution < 1.29 is 33.6 Å². The van der Waals surface area contributed by atoms with E-state index in [0.29, 0.717) is 41.4 Å². The summed E-state index contributed by atoms with van der Waals surface area (Å²) in [6.07, 6.45) is 12.8. The highest BCUT2D eigenvalue weighted by molar-refractivity contribution is 5.78. The second kappa shape index (κ2) is 16.6. The van der Waals surface area contributed by atoms with Gasteiger partial charge in [0.1, 0.15) is 11.8 Å². The van der Waals surface area contributed by atoms with E-state index in [-0.39, 0.29) is 49.0 Å². The number of nitrogens with zero attached hydrogens (tertiary/aromatic N) is 3. The number of phenolic OH excluding ortho intramolecular Hbond substituents is 1. The molecule has 0 aliphatic carbocycles. The van der Waals surface area contributed by atoms with Gasteiger partial charge in [-0.1, -0.05) is 77.7 Å². The monoisotopic (exact) mass is 730 g/mol. The number of methoxy groups -OCH3 is 1. The number of unbranched alkanes of at least 4 members (excludes halogenated alkanes) is 8. The van der Waals surface area contributed by atoms with E-state index in [1.54, 1.807) is 7.11 Å². The minimum atomic E-state index is -0.551. The van der Waals surface area contributed by atoms with Crippen LogP contribution in [-0.4, -0.2) is 72.4 Å². The zero-order chi connectivity index (χ0) is 38.0. The number of likely N-dealkylation sites (N-methyl/N-ethyl adjacent to an activating group) is 1. The van der Waals surface area contributed by atoms with E-state index in [2.05, 4.69) is 34.2 Å². The number of carbonyl (C=O) groups excluding carboxylic acids is 2. The lowest BCUT2D eigenvalue weighted by Crippen LogP contribution is -2.68. The minimum Gasteiger partial charge on any atom is -0.504 e. The van der Waals surface area contributed by atoms with Gasteiger partial charge >= 0.3 is 5.97 Å². The van der Waals surface area contributed by atoms with Gasteiger partial charge in [-0.05, 0) is 51.3 Å². The van der Waals surface area contributed by atoms with Gasteiger partial charge in [0.25, 0.3) is 0 Å². The van der Waals surface area contributed by atoms with Crippen molar-refractivity contribution >= 4 is 11.9 Å². The highest BCUT2D eigenvalue weighted by Gasteiger charge is 2.57. The van der Waals surface area contributed by atoms with E-state index >= 15 is 0 Å². The van der Waals surface area contributed by atoms with Crippen LogP contribution in [0.25, 0.3) is 0 Å². The van der Waals surface area contributed by atoms with E-state index in [1.807, 2.05) is 27.8 Å². The quantitative estimate of drug-likeness (QED) is 0.111. The maximum Gasteiger partial charge on any atom is 0.308 e. The number of carbonyl (C=O) groups is 2. The van der Waals surface area contributed by atoms with Gasteiger partial charge in [-0.15, -0.1) is 0 Å². The summed E-state index contributed by atoms with van der Waals surface area (Å²) >= 11 is 0. The SMILES string of the molecule is CCCCCCCCCCCC(C)C(=O)NC[C@H]1c2c(c(OC(C)=O)c(C)c3c2OCO3)CC2[C@H]3c4c(cc(C)c(OC)c4O)C[C@@H]([C@H](C#N)N21)N3C. The smallest absolute Gasteiger partial charge is 0.308 e. The maximum atomic E-state index is 13.8. The Morgan fingerprint density at radius 3 is 2.36 bits per heavy atom. The number of esters is 1. The first-order valence-corrected chi connectivity index (χ1v) is 19.7. The molecule has 2 aromatic carbocycles. The van der Waals surface area contributed by atoms with Crippen molar-refractivity contribution in [1.82, 2.24) is 15.1 Å². The largest absolute Gasteiger partial charge is 0.504 e. The van der Waals surface area contributed by atoms with E-state index in [0.717, 1.165) is 47.1 Å². The zero-order valence-corrected chi connectivity index (χ0v) is 32.7. The van der Waals surface area contributed by atoms with Gasteiger partial charge < -0.3 is 29.4 Å². The Morgan fingerprint density at radius 1 is 1.02 bits per heavy atom. The van der Waals surface area contributed by atoms with Crippen molar-refractivity contribution in [2.45, 2.75) is 142 Å². The standard InChI is InChI=1S/C42H58N4O7/c1-8-9-10-11-12-13-14-15-16-17-24(2)42(49)44-22-33-35-29(39(53-27(5)47)26(4)40-41(35)52-23-51-40)20-31-36-34-28(18-25(3)38(50-7)37(34)48)19-30(45(36)6)32(21-43)46(31)33/h18,24,30-33,36,48H,8-17,19-20,22-23H2,1-7H3,(H,44,49)/t24?,30-,31?,32-,33-,36-/m0/s1. The molecule has 1 fully saturated rings. The Labute approximate surface area is 314 Å². The number of hydrogen-bond acceptors (Lipinski definition) is 10. The first-order valence-electron chi connectivity index (χ1n) is 19.7. The Morgan fingerprint density at radius 2 is 1.70 bits per heavy atom. The summed E-state index contributed by atoms with van der Waals surface area (Å²) in [5.74, 6) is 1.39. The third kappa shape index (κ3) is 7.29. The lowest BCUT2D eigenvalue weighted by Gasteiger charge is -2.60. The predicted octanol–water partition coefficient (Wildman–Crippen LogP) is 7.12. The van der Waals surface area contributed by atoms with Gasteiger partial charge in [0.15, 0.2) is 23.0 Å². The van der Waals surface area contributed by atoms with Gasteiger partial charge in [-0.3, -0.25) is 19.4 Å². The van der Waals surface area contributed by atoms with Crippen molar-refractivity contribution in [3.63, 3.8) is 0 Å². The molecule has 53 heavy (non-hydrogen) atoms. The van der Waals surface area contributed by atoms with Crippen LogP contribution in [0.4, 0.5) is 0 Å². The van der Waals surface area contributed by atoms with Gasteiger partial charge in [0.05, 0.1) is 25.3 Å². The first-order chi connectivity index (χ1) is 25.5. The molecule has 11 nitrogen and oxygen atoms in total. The van der Waals surface area contributed by atoms with Crippen LogP contribution >= 0.6 is 0 Å². The molecule has 0 spiro atoms. The fourth-order valence-corrected chi connectivity index (χ4v) is 9.57. The van der Waals surface area contributed by atoms with Gasteiger partial charge in [0, 0.05) is 53.7 Å². The molecule has 6 atom stereocenters. The van der Waals surface area contributed by atoms with Crippen molar-refractivity contribution in [1.29, 1.82) is 5.26 Å². The van der Waals surface area contributed by atoms with Crippen molar-refractivity contribution in [3.8, 4) is 34.8 Å². The normalized spacial score (nSPS) is 23.3. The average Bonchev–Trinajstić information content (AvgIpc) is 3.62. The molecule has 4 aliphatic heterocycles. The Hall–Kier alpha value is -4.01. The number of aryl methyl sites for hydroxylation is 1. The van der Waals surface area contributed by atoms with Crippen LogP contribution in [0.3, 0.4) is 0 Å². The molecular weight excluding hydrogens is 672 g/mol. The number of hydrogen-bond donors (Lipinski definition) is 2. The average molecular weight is 731 g/mol. The third-order valence-corrected chi connectivity index (χ3v) is 12.2. The molecule has 1 saturated heterocycles. The summed E-state index contributed by atoms with van der Waals surface area (Å²) in [5.41, 5.74) is 4.85. The molecule has 288 valence electrons. The number of benzene rings is 2. The summed E-state index contributed by atoms with van der Waals surface area (Å²) in [5, 5.41) is 26.0. The molecular formula is C42H58N4O7. The summed E-state index contributed by atoms with van der Waals surface area (Å²) in [6.45, 7) is 9.63. The van der Waals surface area contributed by atoms with E-state index in [4.69, 9.17) is 18.9 Å². The predicted molar refractivity (Wildman–Crippen MR) is 201 cm³/mol. The van der Waals surface area contributed by atoms with Crippen molar-refractivity contribution in [3.05, 3.63) is 39.4 Å². The maximum absolute atomic E-state index is 13.8. The molecule has 2 unspecified atom stereocenters. The molecule has 2 N–H and O–H groups in total. The summed E-state index contributed by atoms with van der Waals surface area (Å²) in [4.78, 5) is 30.8. The number of nitrogens with one attached hydrogen (secondary N) is 1. The molecule has 11 heteroatoms. The van der Waals surface area contributed by atoms with E-state index in [1.165, 1.54) is 51.9 Å². The topological polar surface area (TPSA) is 134 Å². The summed E-state index contributed by atoms with van der Waals surface area (Å²) in [7, 11) is 3.58. The lowest BCUT2D eigenvalue weighted by atomic mass is 9.71. The summed E-state index contributed by atoms with van der Waals surface area (Å²) < 4.78 is 23.8. The van der Waals surface area contributed by atoms with Crippen LogP contribution in [0.2, 0.25) is 0 Å². The molecule has 4 heterocycles. The van der Waals surface area contributed by atoms with Crippen LogP contribution in [-0.2, 0) is 22.4 Å². The lowest BCUT2D eigenvalue weighted by molar-refractivity contribution is -0.132. The second-order valence-electron chi connectivity index (χ2n) is 15.6. The molecule has 0 radical (unpaired) electrons. The number of ether oxygens (including phenoxy) is 4.